The Hall–Kier alpha value is -3.41. The minimum atomic E-state index is -1.15. The van der Waals surface area contributed by atoms with E-state index in [2.05, 4.69) is 10.5 Å². The molecule has 1 aromatic heterocycles. The molecule has 1 N–H and O–H groups in total. The van der Waals surface area contributed by atoms with Gasteiger partial charge < -0.3 is 14.6 Å². The van der Waals surface area contributed by atoms with E-state index in [-0.39, 0.29) is 5.91 Å². The van der Waals surface area contributed by atoms with Gasteiger partial charge in [-0.2, -0.15) is 0 Å². The lowest BCUT2D eigenvalue weighted by atomic mass is 9.91. The number of anilines is 1. The summed E-state index contributed by atoms with van der Waals surface area (Å²) in [5, 5.41) is 6.43. The third-order valence-corrected chi connectivity index (χ3v) is 4.78. The minimum absolute atomic E-state index is 0.312. The number of aryl methyl sites for hydroxylation is 1. The monoisotopic (exact) mass is 376 g/mol. The standard InChI is InChI=1S/C22H20N2O4/c1-15-14-18(24-28-15)23-21(26)22(12-13-22)27-20(25)19(16-8-4-2-5-9-16)17-10-6-3-7-11-17/h2-11,14,19H,12-13H2,1H3,(H,23,24,26). The molecule has 3 aromatic rings. The van der Waals surface area contributed by atoms with Crippen molar-refractivity contribution in [3.05, 3.63) is 83.6 Å². The molecule has 0 aliphatic heterocycles. The molecular formula is C22H20N2O4. The first-order valence-corrected chi connectivity index (χ1v) is 9.15. The summed E-state index contributed by atoms with van der Waals surface area (Å²) in [7, 11) is 0. The lowest BCUT2D eigenvalue weighted by Gasteiger charge is -2.21. The maximum atomic E-state index is 13.1. The Morgan fingerprint density at radius 1 is 1.04 bits per heavy atom. The fourth-order valence-corrected chi connectivity index (χ4v) is 3.15. The molecule has 1 saturated carbocycles. The summed E-state index contributed by atoms with van der Waals surface area (Å²) in [4.78, 5) is 25.8. The van der Waals surface area contributed by atoms with Gasteiger partial charge in [-0.1, -0.05) is 65.8 Å². The molecule has 2 aromatic carbocycles. The quantitative estimate of drug-likeness (QED) is 0.661. The van der Waals surface area contributed by atoms with Gasteiger partial charge in [0, 0.05) is 18.9 Å². The average molecular weight is 376 g/mol. The zero-order valence-corrected chi connectivity index (χ0v) is 15.4. The Kier molecular flexibility index (Phi) is 4.69. The van der Waals surface area contributed by atoms with E-state index >= 15 is 0 Å². The van der Waals surface area contributed by atoms with Crippen molar-refractivity contribution in [2.75, 3.05) is 5.32 Å². The third kappa shape index (κ3) is 3.67. The van der Waals surface area contributed by atoms with Crippen LogP contribution >= 0.6 is 0 Å². The summed E-state index contributed by atoms with van der Waals surface area (Å²) >= 11 is 0. The predicted molar refractivity (Wildman–Crippen MR) is 103 cm³/mol. The summed E-state index contributed by atoms with van der Waals surface area (Å²) in [6.45, 7) is 1.74. The summed E-state index contributed by atoms with van der Waals surface area (Å²) < 4.78 is 10.7. The molecule has 1 aliphatic rings. The highest BCUT2D eigenvalue weighted by atomic mass is 16.6. The maximum absolute atomic E-state index is 13.1. The van der Waals surface area contributed by atoms with Crippen LogP contribution in [0.25, 0.3) is 0 Å². The molecule has 0 unspecified atom stereocenters. The van der Waals surface area contributed by atoms with Crippen LogP contribution in [0.1, 0.15) is 35.6 Å². The van der Waals surface area contributed by atoms with Gasteiger partial charge >= 0.3 is 5.97 Å². The van der Waals surface area contributed by atoms with Crippen LogP contribution in [0.3, 0.4) is 0 Å². The largest absolute Gasteiger partial charge is 0.448 e. The van der Waals surface area contributed by atoms with Crippen LogP contribution in [0.5, 0.6) is 0 Å². The normalized spacial score (nSPS) is 14.5. The number of amides is 1. The van der Waals surface area contributed by atoms with Crippen LogP contribution in [0.15, 0.2) is 71.3 Å². The summed E-state index contributed by atoms with van der Waals surface area (Å²) in [6.07, 6.45) is 0.968. The van der Waals surface area contributed by atoms with Gasteiger partial charge in [-0.25, -0.2) is 0 Å². The number of carbonyl (C=O) groups excluding carboxylic acids is 2. The Bertz CT molecular complexity index is 939. The van der Waals surface area contributed by atoms with E-state index in [1.807, 2.05) is 60.7 Å². The Morgan fingerprint density at radius 3 is 2.07 bits per heavy atom. The Balaban J connectivity index is 1.55. The fourth-order valence-electron chi connectivity index (χ4n) is 3.15. The molecule has 1 fully saturated rings. The van der Waals surface area contributed by atoms with Crippen LogP contribution in [0.2, 0.25) is 0 Å². The minimum Gasteiger partial charge on any atom is -0.448 e. The van der Waals surface area contributed by atoms with E-state index in [0.717, 1.165) is 11.1 Å². The van der Waals surface area contributed by atoms with Crippen molar-refractivity contribution in [1.82, 2.24) is 5.16 Å². The highest BCUT2D eigenvalue weighted by molar-refractivity contribution is 6.00. The van der Waals surface area contributed by atoms with E-state index in [4.69, 9.17) is 9.26 Å². The number of benzene rings is 2. The second kappa shape index (κ2) is 7.31. The first kappa shape index (κ1) is 18.0. The lowest BCUT2D eigenvalue weighted by Crippen LogP contribution is -2.36. The van der Waals surface area contributed by atoms with Crippen molar-refractivity contribution in [2.45, 2.75) is 31.3 Å². The van der Waals surface area contributed by atoms with Crippen molar-refractivity contribution < 1.29 is 18.8 Å². The molecule has 28 heavy (non-hydrogen) atoms. The van der Waals surface area contributed by atoms with Crippen LogP contribution in [-0.2, 0) is 14.3 Å². The molecular weight excluding hydrogens is 356 g/mol. The van der Waals surface area contributed by atoms with Crippen molar-refractivity contribution >= 4 is 17.7 Å². The zero-order valence-electron chi connectivity index (χ0n) is 15.4. The zero-order chi connectivity index (χ0) is 19.6. The van der Waals surface area contributed by atoms with Crippen LogP contribution in [-0.4, -0.2) is 22.6 Å². The molecule has 0 saturated heterocycles. The van der Waals surface area contributed by atoms with Crippen LogP contribution in [0, 0.1) is 6.92 Å². The maximum Gasteiger partial charge on any atom is 0.318 e. The molecule has 1 amide bonds. The van der Waals surface area contributed by atoms with E-state index in [1.54, 1.807) is 13.0 Å². The van der Waals surface area contributed by atoms with E-state index in [9.17, 15) is 9.59 Å². The van der Waals surface area contributed by atoms with E-state index < -0.39 is 17.5 Å². The smallest absolute Gasteiger partial charge is 0.318 e. The number of ether oxygens (including phenoxy) is 1. The Labute approximate surface area is 162 Å². The fraction of sp³-hybridized carbons (Fsp3) is 0.227. The second-order valence-electron chi connectivity index (χ2n) is 6.95. The first-order valence-electron chi connectivity index (χ1n) is 9.15. The molecule has 1 heterocycles. The summed E-state index contributed by atoms with van der Waals surface area (Å²) in [5.41, 5.74) is 0.496. The lowest BCUT2D eigenvalue weighted by molar-refractivity contribution is -0.157. The molecule has 0 bridgehead atoms. The number of hydrogen-bond donors (Lipinski definition) is 1. The van der Waals surface area contributed by atoms with E-state index in [0.29, 0.717) is 24.4 Å². The predicted octanol–water partition coefficient (Wildman–Crippen LogP) is 3.83. The van der Waals surface area contributed by atoms with Crippen molar-refractivity contribution in [3.63, 3.8) is 0 Å². The van der Waals surface area contributed by atoms with Crippen LogP contribution in [0.4, 0.5) is 5.82 Å². The first-order chi connectivity index (χ1) is 13.6. The highest BCUT2D eigenvalue weighted by Gasteiger charge is 2.55. The summed E-state index contributed by atoms with van der Waals surface area (Å²) in [6, 6.07) is 20.5. The number of nitrogens with zero attached hydrogens (tertiary/aromatic N) is 1. The van der Waals surface area contributed by atoms with Crippen molar-refractivity contribution in [2.24, 2.45) is 0 Å². The average Bonchev–Trinajstić information content (AvgIpc) is 3.38. The number of aromatic nitrogens is 1. The van der Waals surface area contributed by atoms with Crippen LogP contribution < -0.4 is 5.32 Å². The van der Waals surface area contributed by atoms with Gasteiger partial charge in [0.25, 0.3) is 5.91 Å². The number of nitrogens with one attached hydrogen (secondary N) is 1. The van der Waals surface area contributed by atoms with Gasteiger partial charge in [0.05, 0.1) is 0 Å². The van der Waals surface area contributed by atoms with E-state index in [1.165, 1.54) is 0 Å². The number of rotatable bonds is 6. The van der Waals surface area contributed by atoms with Crippen molar-refractivity contribution in [1.29, 1.82) is 0 Å². The number of hydrogen-bond acceptors (Lipinski definition) is 5. The SMILES string of the molecule is Cc1cc(NC(=O)C2(OC(=O)C(c3ccccc3)c3ccccc3)CC2)no1. The molecule has 6 nitrogen and oxygen atoms in total. The molecule has 142 valence electrons. The molecule has 1 aliphatic carbocycles. The third-order valence-electron chi connectivity index (χ3n) is 4.78. The highest BCUT2D eigenvalue weighted by Crippen LogP contribution is 2.42. The van der Waals surface area contributed by atoms with Gasteiger partial charge in [-0.15, -0.1) is 0 Å². The molecule has 4 rings (SSSR count). The summed E-state index contributed by atoms with van der Waals surface area (Å²) in [5.74, 6) is -0.518. The Morgan fingerprint density at radius 2 is 1.61 bits per heavy atom. The van der Waals surface area contributed by atoms with Crippen molar-refractivity contribution in [3.8, 4) is 0 Å². The topological polar surface area (TPSA) is 81.4 Å². The van der Waals surface area contributed by atoms with Gasteiger partial charge in [0.1, 0.15) is 11.7 Å². The van der Waals surface area contributed by atoms with Gasteiger partial charge in [0.2, 0.25) is 0 Å². The molecule has 6 heteroatoms. The molecule has 0 radical (unpaired) electrons. The number of carbonyl (C=O) groups is 2. The number of esters is 1. The van der Waals surface area contributed by atoms with Gasteiger partial charge in [-0.3, -0.25) is 9.59 Å². The van der Waals surface area contributed by atoms with Gasteiger partial charge in [-0.05, 0) is 18.1 Å². The molecule has 0 atom stereocenters. The van der Waals surface area contributed by atoms with Gasteiger partial charge in [0.15, 0.2) is 11.4 Å². The second-order valence-corrected chi connectivity index (χ2v) is 6.95. The molecule has 0 spiro atoms.